The van der Waals surface area contributed by atoms with Gasteiger partial charge in [-0.3, -0.25) is 4.79 Å². The summed E-state index contributed by atoms with van der Waals surface area (Å²) in [4.78, 5) is 11.4. The SMILES string of the molecule is COCCOCCNC(=O)COc1ccc(F)cc1. The first-order valence-corrected chi connectivity index (χ1v) is 5.94. The Kier molecular flexibility index (Phi) is 7.53. The number of methoxy groups -OCH3 is 1. The summed E-state index contributed by atoms with van der Waals surface area (Å²) in [6, 6.07) is 5.49. The standard InChI is InChI=1S/C13H18FNO4/c1-17-8-9-18-7-6-15-13(16)10-19-12-4-2-11(14)3-5-12/h2-5H,6-10H2,1H3,(H,15,16). The average Bonchev–Trinajstić information content (AvgIpc) is 2.42. The first-order valence-electron chi connectivity index (χ1n) is 5.94. The second-order valence-electron chi connectivity index (χ2n) is 3.70. The summed E-state index contributed by atoms with van der Waals surface area (Å²) in [5, 5.41) is 2.64. The maximum Gasteiger partial charge on any atom is 0.258 e. The van der Waals surface area contributed by atoms with Crippen LogP contribution in [0.3, 0.4) is 0 Å². The van der Waals surface area contributed by atoms with Gasteiger partial charge in [0, 0.05) is 13.7 Å². The molecule has 0 saturated heterocycles. The van der Waals surface area contributed by atoms with Gasteiger partial charge in [-0.05, 0) is 24.3 Å². The molecule has 0 bridgehead atoms. The summed E-state index contributed by atoms with van der Waals surface area (Å²) in [5.74, 6) is -0.141. The van der Waals surface area contributed by atoms with E-state index in [0.717, 1.165) is 0 Å². The lowest BCUT2D eigenvalue weighted by molar-refractivity contribution is -0.123. The highest BCUT2D eigenvalue weighted by molar-refractivity contribution is 5.77. The minimum absolute atomic E-state index is 0.107. The zero-order valence-corrected chi connectivity index (χ0v) is 10.9. The summed E-state index contributed by atoms with van der Waals surface area (Å²) in [7, 11) is 1.60. The number of benzene rings is 1. The Labute approximate surface area is 111 Å². The molecule has 0 aliphatic rings. The summed E-state index contributed by atoms with van der Waals surface area (Å²) in [5.41, 5.74) is 0. The van der Waals surface area contributed by atoms with Crippen LogP contribution >= 0.6 is 0 Å². The van der Waals surface area contributed by atoms with Crippen molar-refractivity contribution in [3.63, 3.8) is 0 Å². The molecule has 0 aliphatic heterocycles. The van der Waals surface area contributed by atoms with Crippen molar-refractivity contribution in [1.29, 1.82) is 0 Å². The van der Waals surface area contributed by atoms with Crippen LogP contribution in [0.2, 0.25) is 0 Å². The number of rotatable bonds is 9. The van der Waals surface area contributed by atoms with Crippen LogP contribution in [0, 0.1) is 5.82 Å². The monoisotopic (exact) mass is 271 g/mol. The van der Waals surface area contributed by atoms with Gasteiger partial charge < -0.3 is 19.5 Å². The molecule has 0 aromatic heterocycles. The largest absolute Gasteiger partial charge is 0.484 e. The van der Waals surface area contributed by atoms with E-state index in [-0.39, 0.29) is 18.3 Å². The highest BCUT2D eigenvalue weighted by atomic mass is 19.1. The molecule has 0 radical (unpaired) electrons. The summed E-state index contributed by atoms with van der Waals surface area (Å²) in [6.45, 7) is 1.75. The van der Waals surface area contributed by atoms with Gasteiger partial charge in [0.25, 0.3) is 5.91 Å². The Hall–Kier alpha value is -1.66. The van der Waals surface area contributed by atoms with Crippen LogP contribution in [0.1, 0.15) is 0 Å². The zero-order valence-electron chi connectivity index (χ0n) is 10.9. The van der Waals surface area contributed by atoms with E-state index in [1.807, 2.05) is 0 Å². The lowest BCUT2D eigenvalue weighted by Crippen LogP contribution is -2.31. The third kappa shape index (κ3) is 7.38. The first kappa shape index (κ1) is 15.4. The number of carbonyl (C=O) groups excluding carboxylic acids is 1. The molecule has 19 heavy (non-hydrogen) atoms. The Morgan fingerprint density at radius 3 is 2.63 bits per heavy atom. The number of hydrogen-bond donors (Lipinski definition) is 1. The number of halogens is 1. The first-order chi connectivity index (χ1) is 9.22. The number of ether oxygens (including phenoxy) is 3. The molecule has 6 heteroatoms. The normalized spacial score (nSPS) is 10.2. The van der Waals surface area contributed by atoms with Crippen LogP contribution in [-0.4, -0.2) is 46.0 Å². The van der Waals surface area contributed by atoms with Gasteiger partial charge >= 0.3 is 0 Å². The van der Waals surface area contributed by atoms with E-state index in [1.54, 1.807) is 7.11 Å². The summed E-state index contributed by atoms with van der Waals surface area (Å²) in [6.07, 6.45) is 0. The smallest absolute Gasteiger partial charge is 0.258 e. The molecule has 1 rings (SSSR count). The van der Waals surface area contributed by atoms with Gasteiger partial charge in [-0.15, -0.1) is 0 Å². The van der Waals surface area contributed by atoms with E-state index in [4.69, 9.17) is 14.2 Å². The molecule has 0 saturated carbocycles. The van der Waals surface area contributed by atoms with Crippen molar-refractivity contribution in [3.05, 3.63) is 30.1 Å². The molecule has 1 aromatic rings. The molecule has 1 aromatic carbocycles. The van der Waals surface area contributed by atoms with Gasteiger partial charge in [0.1, 0.15) is 11.6 Å². The number of carbonyl (C=O) groups is 1. The van der Waals surface area contributed by atoms with Gasteiger partial charge in [0.2, 0.25) is 0 Å². The van der Waals surface area contributed by atoms with E-state index in [9.17, 15) is 9.18 Å². The fourth-order valence-electron chi connectivity index (χ4n) is 1.24. The molecular formula is C13H18FNO4. The topological polar surface area (TPSA) is 56.8 Å². The molecule has 1 N–H and O–H groups in total. The molecule has 0 heterocycles. The van der Waals surface area contributed by atoms with Crippen LogP contribution in [0.15, 0.2) is 24.3 Å². The molecule has 0 aliphatic carbocycles. The lowest BCUT2D eigenvalue weighted by atomic mass is 10.3. The third-order valence-electron chi connectivity index (χ3n) is 2.18. The minimum atomic E-state index is -0.343. The van der Waals surface area contributed by atoms with Crippen molar-refractivity contribution in [3.8, 4) is 5.75 Å². The van der Waals surface area contributed by atoms with E-state index in [2.05, 4.69) is 5.32 Å². The molecule has 0 unspecified atom stereocenters. The Morgan fingerprint density at radius 2 is 1.95 bits per heavy atom. The van der Waals surface area contributed by atoms with Crippen LogP contribution in [-0.2, 0) is 14.3 Å². The van der Waals surface area contributed by atoms with Crippen molar-refractivity contribution >= 4 is 5.91 Å². The van der Waals surface area contributed by atoms with Gasteiger partial charge in [-0.2, -0.15) is 0 Å². The number of nitrogens with one attached hydrogen (secondary N) is 1. The molecule has 106 valence electrons. The number of hydrogen-bond acceptors (Lipinski definition) is 4. The third-order valence-corrected chi connectivity index (χ3v) is 2.18. The van der Waals surface area contributed by atoms with E-state index < -0.39 is 0 Å². The molecule has 0 fully saturated rings. The maximum atomic E-state index is 12.6. The Balaban J connectivity index is 2.06. The van der Waals surface area contributed by atoms with Gasteiger partial charge in [-0.1, -0.05) is 0 Å². The second kappa shape index (κ2) is 9.29. The zero-order chi connectivity index (χ0) is 13.9. The van der Waals surface area contributed by atoms with Crippen molar-refractivity contribution in [2.45, 2.75) is 0 Å². The highest BCUT2D eigenvalue weighted by Gasteiger charge is 2.02. The van der Waals surface area contributed by atoms with Crippen molar-refractivity contribution < 1.29 is 23.4 Å². The molecule has 0 spiro atoms. The van der Waals surface area contributed by atoms with Crippen LogP contribution in [0.25, 0.3) is 0 Å². The lowest BCUT2D eigenvalue weighted by Gasteiger charge is -2.07. The molecular weight excluding hydrogens is 253 g/mol. The predicted molar refractivity (Wildman–Crippen MR) is 67.6 cm³/mol. The van der Waals surface area contributed by atoms with E-state index >= 15 is 0 Å². The van der Waals surface area contributed by atoms with Crippen LogP contribution in [0.5, 0.6) is 5.75 Å². The molecule has 0 atom stereocenters. The highest BCUT2D eigenvalue weighted by Crippen LogP contribution is 2.10. The molecule has 5 nitrogen and oxygen atoms in total. The van der Waals surface area contributed by atoms with Crippen molar-refractivity contribution in [2.24, 2.45) is 0 Å². The van der Waals surface area contributed by atoms with Gasteiger partial charge in [-0.25, -0.2) is 4.39 Å². The van der Waals surface area contributed by atoms with Gasteiger partial charge in [0.05, 0.1) is 19.8 Å². The number of amides is 1. The predicted octanol–water partition coefficient (Wildman–Crippen LogP) is 0.984. The minimum Gasteiger partial charge on any atom is -0.484 e. The molecule has 1 amide bonds. The fraction of sp³-hybridized carbons (Fsp3) is 0.462. The quantitative estimate of drug-likeness (QED) is 0.680. The van der Waals surface area contributed by atoms with E-state index in [0.29, 0.717) is 32.1 Å². The maximum absolute atomic E-state index is 12.6. The van der Waals surface area contributed by atoms with Crippen molar-refractivity contribution in [1.82, 2.24) is 5.32 Å². The van der Waals surface area contributed by atoms with Crippen LogP contribution in [0.4, 0.5) is 4.39 Å². The van der Waals surface area contributed by atoms with Gasteiger partial charge in [0.15, 0.2) is 6.61 Å². The Bertz CT molecular complexity index is 369. The Morgan fingerprint density at radius 1 is 1.21 bits per heavy atom. The summed E-state index contributed by atoms with van der Waals surface area (Å²) < 4.78 is 27.8. The average molecular weight is 271 g/mol. The second-order valence-corrected chi connectivity index (χ2v) is 3.70. The van der Waals surface area contributed by atoms with Crippen molar-refractivity contribution in [2.75, 3.05) is 40.1 Å². The van der Waals surface area contributed by atoms with E-state index in [1.165, 1.54) is 24.3 Å². The fourth-order valence-corrected chi connectivity index (χ4v) is 1.24. The summed E-state index contributed by atoms with van der Waals surface area (Å²) >= 11 is 0. The van der Waals surface area contributed by atoms with Crippen LogP contribution < -0.4 is 10.1 Å².